The molecular formula is C13H9BrClFN2O. The van der Waals surface area contributed by atoms with Crippen molar-refractivity contribution in [2.24, 2.45) is 0 Å². The van der Waals surface area contributed by atoms with Crippen molar-refractivity contribution < 1.29 is 9.18 Å². The predicted octanol–water partition coefficient (Wildman–Crippen LogP) is 4.08. The summed E-state index contributed by atoms with van der Waals surface area (Å²) >= 11 is 9.07. The molecule has 0 unspecified atom stereocenters. The zero-order chi connectivity index (χ0) is 14.0. The van der Waals surface area contributed by atoms with Gasteiger partial charge in [0.1, 0.15) is 5.82 Å². The highest BCUT2D eigenvalue weighted by Gasteiger charge is 2.10. The fourth-order valence-corrected chi connectivity index (χ4v) is 2.21. The van der Waals surface area contributed by atoms with Gasteiger partial charge < -0.3 is 11.1 Å². The lowest BCUT2D eigenvalue weighted by molar-refractivity contribution is 0.102. The van der Waals surface area contributed by atoms with Gasteiger partial charge in [0.25, 0.3) is 5.91 Å². The number of halogens is 3. The van der Waals surface area contributed by atoms with Crippen LogP contribution in [0.1, 0.15) is 10.4 Å². The van der Waals surface area contributed by atoms with Gasteiger partial charge in [-0.2, -0.15) is 0 Å². The molecule has 1 amide bonds. The molecule has 0 saturated carbocycles. The lowest BCUT2D eigenvalue weighted by Crippen LogP contribution is -2.12. The molecule has 0 aliphatic heterocycles. The first kappa shape index (κ1) is 13.8. The van der Waals surface area contributed by atoms with Crippen molar-refractivity contribution in [3.8, 4) is 0 Å². The molecule has 0 radical (unpaired) electrons. The fourth-order valence-electron chi connectivity index (χ4n) is 1.51. The number of amides is 1. The highest BCUT2D eigenvalue weighted by atomic mass is 79.9. The first-order chi connectivity index (χ1) is 8.95. The molecule has 0 aromatic heterocycles. The number of hydrogen-bond donors (Lipinski definition) is 2. The van der Waals surface area contributed by atoms with Gasteiger partial charge in [-0.1, -0.05) is 27.5 Å². The van der Waals surface area contributed by atoms with Crippen LogP contribution in [0.15, 0.2) is 40.9 Å². The van der Waals surface area contributed by atoms with Crippen molar-refractivity contribution in [1.82, 2.24) is 0 Å². The molecular weight excluding hydrogens is 335 g/mol. The van der Waals surface area contributed by atoms with Crippen molar-refractivity contribution in [3.05, 3.63) is 57.3 Å². The average Bonchev–Trinajstić information content (AvgIpc) is 2.31. The van der Waals surface area contributed by atoms with Gasteiger partial charge >= 0.3 is 0 Å². The van der Waals surface area contributed by atoms with Gasteiger partial charge in [0.15, 0.2) is 0 Å². The van der Waals surface area contributed by atoms with Crippen LogP contribution in [0.5, 0.6) is 0 Å². The summed E-state index contributed by atoms with van der Waals surface area (Å²) in [5.41, 5.74) is 6.67. The lowest BCUT2D eigenvalue weighted by atomic mass is 10.2. The number of nitrogen functional groups attached to an aromatic ring is 1. The molecule has 98 valence electrons. The molecule has 0 heterocycles. The third-order valence-corrected chi connectivity index (χ3v) is 3.14. The SMILES string of the molecule is Nc1ccc(NC(=O)c2cc(F)cc(Br)c2)c(Cl)c1. The summed E-state index contributed by atoms with van der Waals surface area (Å²) in [5, 5.41) is 2.92. The lowest BCUT2D eigenvalue weighted by Gasteiger charge is -2.08. The summed E-state index contributed by atoms with van der Waals surface area (Å²) in [4.78, 5) is 12.0. The van der Waals surface area contributed by atoms with Crippen LogP contribution in [0.4, 0.5) is 15.8 Å². The first-order valence-electron chi connectivity index (χ1n) is 5.28. The minimum atomic E-state index is -0.497. The van der Waals surface area contributed by atoms with Crippen LogP contribution >= 0.6 is 27.5 Å². The number of nitrogens with two attached hydrogens (primary N) is 1. The summed E-state index contributed by atoms with van der Waals surface area (Å²) in [6.07, 6.45) is 0. The number of benzene rings is 2. The topological polar surface area (TPSA) is 55.1 Å². The first-order valence-corrected chi connectivity index (χ1v) is 6.45. The van der Waals surface area contributed by atoms with Crippen LogP contribution in [0.3, 0.4) is 0 Å². The molecule has 3 nitrogen and oxygen atoms in total. The van der Waals surface area contributed by atoms with E-state index in [2.05, 4.69) is 21.2 Å². The molecule has 0 aliphatic rings. The van der Waals surface area contributed by atoms with E-state index in [1.807, 2.05) is 0 Å². The standard InChI is InChI=1S/C13H9BrClFN2O/c14-8-3-7(4-9(16)5-8)13(19)18-12-2-1-10(17)6-11(12)15/h1-6H,17H2,(H,18,19). The van der Waals surface area contributed by atoms with E-state index in [-0.39, 0.29) is 5.56 Å². The average molecular weight is 344 g/mol. The Morgan fingerprint density at radius 1 is 1.26 bits per heavy atom. The van der Waals surface area contributed by atoms with E-state index in [1.54, 1.807) is 12.1 Å². The van der Waals surface area contributed by atoms with Crippen molar-refractivity contribution in [3.63, 3.8) is 0 Å². The Morgan fingerprint density at radius 2 is 2.00 bits per heavy atom. The van der Waals surface area contributed by atoms with Gasteiger partial charge in [-0.25, -0.2) is 4.39 Å². The third-order valence-electron chi connectivity index (χ3n) is 2.37. The Bertz CT molecular complexity index is 628. The number of anilines is 2. The van der Waals surface area contributed by atoms with Gasteiger partial charge in [0.05, 0.1) is 10.7 Å². The molecule has 0 spiro atoms. The summed E-state index contributed by atoms with van der Waals surface area (Å²) < 4.78 is 13.7. The minimum absolute atomic E-state index is 0.194. The smallest absolute Gasteiger partial charge is 0.255 e. The highest BCUT2D eigenvalue weighted by molar-refractivity contribution is 9.10. The van der Waals surface area contributed by atoms with Crippen LogP contribution in [0.25, 0.3) is 0 Å². The maximum Gasteiger partial charge on any atom is 0.255 e. The van der Waals surface area contributed by atoms with Crippen LogP contribution in [-0.4, -0.2) is 5.91 Å². The summed E-state index contributed by atoms with van der Waals surface area (Å²) in [6, 6.07) is 8.66. The van der Waals surface area contributed by atoms with Crippen molar-refractivity contribution in [2.45, 2.75) is 0 Å². The molecule has 0 bridgehead atoms. The Balaban J connectivity index is 2.25. The molecule has 2 aromatic carbocycles. The second kappa shape index (κ2) is 5.59. The molecule has 2 aromatic rings. The Labute approximate surface area is 122 Å². The van der Waals surface area contributed by atoms with Gasteiger partial charge in [0, 0.05) is 15.7 Å². The normalized spacial score (nSPS) is 10.3. The molecule has 6 heteroatoms. The number of hydrogen-bond acceptors (Lipinski definition) is 2. The Hall–Kier alpha value is -1.59. The van der Waals surface area contributed by atoms with Gasteiger partial charge in [-0.15, -0.1) is 0 Å². The molecule has 0 atom stereocenters. The number of nitrogens with one attached hydrogen (secondary N) is 1. The van der Waals surface area contributed by atoms with E-state index in [1.165, 1.54) is 18.2 Å². The second-order valence-electron chi connectivity index (χ2n) is 3.85. The minimum Gasteiger partial charge on any atom is -0.399 e. The van der Waals surface area contributed by atoms with Gasteiger partial charge in [0.2, 0.25) is 0 Å². The maximum atomic E-state index is 13.2. The van der Waals surface area contributed by atoms with Crippen LogP contribution < -0.4 is 11.1 Å². The zero-order valence-electron chi connectivity index (χ0n) is 9.58. The van der Waals surface area contributed by atoms with Crippen molar-refractivity contribution in [1.29, 1.82) is 0 Å². The molecule has 0 saturated heterocycles. The number of rotatable bonds is 2. The number of carbonyl (C=O) groups excluding carboxylic acids is 1. The number of carbonyl (C=O) groups is 1. The summed E-state index contributed by atoms with van der Waals surface area (Å²) in [5.74, 6) is -0.949. The maximum absolute atomic E-state index is 13.2. The largest absolute Gasteiger partial charge is 0.399 e. The van der Waals surface area contributed by atoms with Gasteiger partial charge in [-0.05, 0) is 36.4 Å². The van der Waals surface area contributed by atoms with E-state index < -0.39 is 11.7 Å². The van der Waals surface area contributed by atoms with E-state index in [9.17, 15) is 9.18 Å². The zero-order valence-corrected chi connectivity index (χ0v) is 11.9. The quantitative estimate of drug-likeness (QED) is 0.807. The van der Waals surface area contributed by atoms with Crippen LogP contribution in [-0.2, 0) is 0 Å². The summed E-state index contributed by atoms with van der Waals surface area (Å²) in [7, 11) is 0. The van der Waals surface area contributed by atoms with Crippen LogP contribution in [0.2, 0.25) is 5.02 Å². The highest BCUT2D eigenvalue weighted by Crippen LogP contribution is 2.25. The van der Waals surface area contributed by atoms with Gasteiger partial charge in [-0.3, -0.25) is 4.79 Å². The monoisotopic (exact) mass is 342 g/mol. The van der Waals surface area contributed by atoms with Crippen molar-refractivity contribution in [2.75, 3.05) is 11.1 Å². The third kappa shape index (κ3) is 3.45. The van der Waals surface area contributed by atoms with E-state index in [0.717, 1.165) is 6.07 Å². The van der Waals surface area contributed by atoms with Crippen molar-refractivity contribution >= 4 is 44.8 Å². The molecule has 0 fully saturated rings. The Kier molecular flexibility index (Phi) is 4.07. The second-order valence-corrected chi connectivity index (χ2v) is 5.17. The fraction of sp³-hybridized carbons (Fsp3) is 0. The summed E-state index contributed by atoms with van der Waals surface area (Å²) in [6.45, 7) is 0. The van der Waals surface area contributed by atoms with E-state index in [4.69, 9.17) is 17.3 Å². The molecule has 0 aliphatic carbocycles. The van der Waals surface area contributed by atoms with E-state index in [0.29, 0.717) is 20.9 Å². The molecule has 19 heavy (non-hydrogen) atoms. The Morgan fingerprint density at radius 3 is 2.63 bits per heavy atom. The molecule has 3 N–H and O–H groups in total. The van der Waals surface area contributed by atoms with Crippen LogP contribution in [0, 0.1) is 5.82 Å². The molecule has 2 rings (SSSR count). The predicted molar refractivity (Wildman–Crippen MR) is 77.9 cm³/mol. The van der Waals surface area contributed by atoms with E-state index >= 15 is 0 Å².